The number of nitrogens with zero attached hydrogens (tertiary/aromatic N) is 4. The summed E-state index contributed by atoms with van der Waals surface area (Å²) < 4.78 is 2.58. The highest BCUT2D eigenvalue weighted by molar-refractivity contribution is 5.88. The number of fused-ring (bicyclic) bond motifs is 1. The van der Waals surface area contributed by atoms with Gasteiger partial charge in [0.2, 0.25) is 0 Å². The lowest BCUT2D eigenvalue weighted by Crippen LogP contribution is -2.09. The van der Waals surface area contributed by atoms with Crippen LogP contribution in [0.3, 0.4) is 0 Å². The molecule has 7 heteroatoms. The van der Waals surface area contributed by atoms with Gasteiger partial charge >= 0.3 is 6.09 Å². The minimum atomic E-state index is -1.11. The van der Waals surface area contributed by atoms with Crippen molar-refractivity contribution in [3.8, 4) is 5.69 Å². The Morgan fingerprint density at radius 1 is 1.33 bits per heavy atom. The Morgan fingerprint density at radius 2 is 2.10 bits per heavy atom. The fourth-order valence-electron chi connectivity index (χ4n) is 2.21. The highest BCUT2D eigenvalue weighted by Gasteiger charge is 2.13. The molecule has 21 heavy (non-hydrogen) atoms. The van der Waals surface area contributed by atoms with Gasteiger partial charge < -0.3 is 10.8 Å². The Labute approximate surface area is 120 Å². The van der Waals surface area contributed by atoms with E-state index >= 15 is 0 Å². The Morgan fingerprint density at radius 3 is 2.71 bits per heavy atom. The number of carboxylic acid groups (broad SMARTS) is 1. The van der Waals surface area contributed by atoms with Crippen molar-refractivity contribution in [3.63, 3.8) is 0 Å². The summed E-state index contributed by atoms with van der Waals surface area (Å²) in [5.41, 5.74) is 8.21. The molecule has 3 N–H and O–H groups in total. The minimum Gasteiger partial charge on any atom is -0.463 e. The molecule has 3 aromatic rings. The van der Waals surface area contributed by atoms with Crippen LogP contribution in [0.25, 0.3) is 16.6 Å². The number of nitrogen functional groups attached to an aromatic ring is 1. The lowest BCUT2D eigenvalue weighted by Gasteiger charge is -2.04. The van der Waals surface area contributed by atoms with Gasteiger partial charge in [0.1, 0.15) is 5.82 Å². The second-order valence-corrected chi connectivity index (χ2v) is 5.14. The standard InChI is InChI=1S/C14H15N5O2/c1-8(2)11-6-13(15)18(17-11)10-3-4-12-9(5-10)7-16-19(12)14(20)21/h3-8H,15H2,1-2H3,(H,20,21). The van der Waals surface area contributed by atoms with Gasteiger partial charge in [0, 0.05) is 11.5 Å². The third kappa shape index (κ3) is 2.12. The lowest BCUT2D eigenvalue weighted by molar-refractivity contribution is 0.194. The molecule has 2 aromatic heterocycles. The van der Waals surface area contributed by atoms with E-state index in [1.54, 1.807) is 16.8 Å². The van der Waals surface area contributed by atoms with Crippen LogP contribution in [-0.2, 0) is 0 Å². The molecular formula is C14H15N5O2. The van der Waals surface area contributed by atoms with E-state index in [0.717, 1.165) is 21.4 Å². The fraction of sp³-hybridized carbons (Fsp3) is 0.214. The van der Waals surface area contributed by atoms with Crippen LogP contribution >= 0.6 is 0 Å². The molecule has 108 valence electrons. The molecule has 7 nitrogen and oxygen atoms in total. The first kappa shape index (κ1) is 13.2. The van der Waals surface area contributed by atoms with E-state index in [2.05, 4.69) is 10.2 Å². The molecule has 0 saturated carbocycles. The summed E-state index contributed by atoms with van der Waals surface area (Å²) in [6, 6.07) is 7.13. The van der Waals surface area contributed by atoms with Crippen molar-refractivity contribution in [2.45, 2.75) is 19.8 Å². The SMILES string of the molecule is CC(C)c1cc(N)n(-c2ccc3c(cnn3C(=O)O)c2)n1. The van der Waals surface area contributed by atoms with Crippen LogP contribution in [-0.4, -0.2) is 30.8 Å². The Balaban J connectivity index is 2.11. The van der Waals surface area contributed by atoms with Crippen LogP contribution in [0.5, 0.6) is 0 Å². The summed E-state index contributed by atoms with van der Waals surface area (Å²) >= 11 is 0. The minimum absolute atomic E-state index is 0.284. The van der Waals surface area contributed by atoms with Crippen LogP contribution in [0.15, 0.2) is 30.5 Å². The predicted molar refractivity (Wildman–Crippen MR) is 78.8 cm³/mol. The molecule has 0 atom stereocenters. The van der Waals surface area contributed by atoms with E-state index in [-0.39, 0.29) is 5.92 Å². The summed E-state index contributed by atoms with van der Waals surface area (Å²) in [6.45, 7) is 4.10. The zero-order valence-electron chi connectivity index (χ0n) is 11.7. The van der Waals surface area contributed by atoms with E-state index in [4.69, 9.17) is 10.8 Å². The highest BCUT2D eigenvalue weighted by atomic mass is 16.4. The maximum absolute atomic E-state index is 11.0. The van der Waals surface area contributed by atoms with Gasteiger partial charge in [-0.3, -0.25) is 0 Å². The molecule has 0 unspecified atom stereocenters. The number of hydrogen-bond donors (Lipinski definition) is 2. The summed E-state index contributed by atoms with van der Waals surface area (Å²) in [4.78, 5) is 11.0. The molecule has 0 radical (unpaired) electrons. The lowest BCUT2D eigenvalue weighted by atomic mass is 10.1. The molecule has 0 aliphatic carbocycles. The average molecular weight is 285 g/mol. The van der Waals surface area contributed by atoms with E-state index < -0.39 is 6.09 Å². The maximum Gasteiger partial charge on any atom is 0.432 e. The summed E-state index contributed by atoms with van der Waals surface area (Å²) in [5, 5.41) is 18.1. The van der Waals surface area contributed by atoms with Gasteiger partial charge in [-0.05, 0) is 24.1 Å². The van der Waals surface area contributed by atoms with Gasteiger partial charge in [-0.15, -0.1) is 0 Å². The third-order valence-electron chi connectivity index (χ3n) is 3.32. The summed E-state index contributed by atoms with van der Waals surface area (Å²) in [6.07, 6.45) is 0.397. The van der Waals surface area contributed by atoms with E-state index in [9.17, 15) is 4.79 Å². The van der Waals surface area contributed by atoms with Gasteiger partial charge in [-0.25, -0.2) is 9.48 Å². The van der Waals surface area contributed by atoms with Gasteiger partial charge in [0.25, 0.3) is 0 Å². The van der Waals surface area contributed by atoms with Crippen LogP contribution in [0.4, 0.5) is 10.6 Å². The first-order valence-corrected chi connectivity index (χ1v) is 6.54. The van der Waals surface area contributed by atoms with Crippen molar-refractivity contribution in [2.75, 3.05) is 5.73 Å². The van der Waals surface area contributed by atoms with Crippen LogP contribution in [0.2, 0.25) is 0 Å². The number of aromatic nitrogens is 4. The predicted octanol–water partition coefficient (Wildman–Crippen LogP) is 2.45. The number of hydrogen-bond acceptors (Lipinski definition) is 4. The van der Waals surface area contributed by atoms with E-state index in [1.165, 1.54) is 6.20 Å². The van der Waals surface area contributed by atoms with Gasteiger partial charge in [-0.2, -0.15) is 14.9 Å². The van der Waals surface area contributed by atoms with Gasteiger partial charge in [0.15, 0.2) is 0 Å². The zero-order chi connectivity index (χ0) is 15.1. The van der Waals surface area contributed by atoms with Crippen LogP contribution in [0, 0.1) is 0 Å². The topological polar surface area (TPSA) is 99.0 Å². The van der Waals surface area contributed by atoms with Crippen molar-refractivity contribution in [2.24, 2.45) is 0 Å². The second kappa shape index (κ2) is 4.62. The molecule has 0 aliphatic heterocycles. The molecule has 0 saturated heterocycles. The molecular weight excluding hydrogens is 270 g/mol. The molecule has 1 aromatic carbocycles. The molecule has 0 aliphatic rings. The number of anilines is 1. The van der Waals surface area contributed by atoms with Crippen molar-refractivity contribution in [3.05, 3.63) is 36.2 Å². The molecule has 2 heterocycles. The Kier molecular flexibility index (Phi) is 2.90. The largest absolute Gasteiger partial charge is 0.463 e. The summed E-state index contributed by atoms with van der Waals surface area (Å²) in [7, 11) is 0. The number of carbonyl (C=O) groups is 1. The van der Waals surface area contributed by atoms with E-state index in [1.807, 2.05) is 26.0 Å². The molecule has 0 bridgehead atoms. The molecule has 3 rings (SSSR count). The third-order valence-corrected chi connectivity index (χ3v) is 3.32. The maximum atomic E-state index is 11.0. The van der Waals surface area contributed by atoms with Crippen molar-refractivity contribution >= 4 is 22.8 Å². The second-order valence-electron chi connectivity index (χ2n) is 5.14. The molecule has 0 fully saturated rings. The van der Waals surface area contributed by atoms with Gasteiger partial charge in [0.05, 0.1) is 23.1 Å². The first-order chi connectivity index (χ1) is 9.97. The van der Waals surface area contributed by atoms with Crippen molar-refractivity contribution in [1.82, 2.24) is 19.6 Å². The number of rotatable bonds is 2. The van der Waals surface area contributed by atoms with Crippen molar-refractivity contribution in [1.29, 1.82) is 0 Å². The highest BCUT2D eigenvalue weighted by Crippen LogP contribution is 2.23. The fourth-order valence-corrected chi connectivity index (χ4v) is 2.21. The summed E-state index contributed by atoms with van der Waals surface area (Å²) in [5.74, 6) is 0.829. The average Bonchev–Trinajstić information content (AvgIpc) is 3.01. The number of nitrogens with two attached hydrogens (primary N) is 1. The van der Waals surface area contributed by atoms with Gasteiger partial charge in [-0.1, -0.05) is 13.8 Å². The van der Waals surface area contributed by atoms with Crippen LogP contribution in [0.1, 0.15) is 25.5 Å². The monoisotopic (exact) mass is 285 g/mol. The Hall–Kier alpha value is -2.83. The van der Waals surface area contributed by atoms with Crippen LogP contribution < -0.4 is 5.73 Å². The van der Waals surface area contributed by atoms with Crippen molar-refractivity contribution < 1.29 is 9.90 Å². The molecule has 0 spiro atoms. The first-order valence-electron chi connectivity index (χ1n) is 6.54. The van der Waals surface area contributed by atoms with E-state index in [0.29, 0.717) is 11.3 Å². The zero-order valence-corrected chi connectivity index (χ0v) is 11.7. The quantitative estimate of drug-likeness (QED) is 0.753. The Bertz CT molecular complexity index is 831. The smallest absolute Gasteiger partial charge is 0.432 e. The normalized spacial score (nSPS) is 11.4. The molecule has 0 amide bonds. The number of benzene rings is 1.